The standard InChI is InChI=1S/C28H47N5O4/c1-6-12-21(24(35)32-22(23(30)34)17-19(2)3)33-26(37)28(31,15-10-11-16-29)25(36)27(4,5)18-20-13-8-7-9-14-20/h7-9,13-14,19,21-22H,6,10-12,15-18,29,31H2,1-5H3,(H2,30,34)(H,32,35)(H,33,37)/t21-,22-,28+/m0/s1. The minimum atomic E-state index is -1.85. The summed E-state index contributed by atoms with van der Waals surface area (Å²) in [5.41, 5.74) is 15.9. The van der Waals surface area contributed by atoms with Gasteiger partial charge in [0.15, 0.2) is 11.3 Å². The maximum atomic E-state index is 13.8. The molecule has 0 heterocycles. The van der Waals surface area contributed by atoms with Gasteiger partial charge >= 0.3 is 0 Å². The van der Waals surface area contributed by atoms with Gasteiger partial charge in [0.05, 0.1) is 0 Å². The smallest absolute Gasteiger partial charge is 0.248 e. The average molecular weight is 518 g/mol. The molecule has 1 rings (SSSR count). The van der Waals surface area contributed by atoms with Crippen molar-refractivity contribution < 1.29 is 19.2 Å². The molecule has 0 spiro atoms. The van der Waals surface area contributed by atoms with E-state index in [0.29, 0.717) is 45.1 Å². The van der Waals surface area contributed by atoms with Crippen LogP contribution in [-0.4, -0.2) is 47.7 Å². The molecule has 0 unspecified atom stereocenters. The average Bonchev–Trinajstić information content (AvgIpc) is 2.82. The molecule has 0 bridgehead atoms. The molecule has 8 N–H and O–H groups in total. The summed E-state index contributed by atoms with van der Waals surface area (Å²) in [6.07, 6.45) is 2.87. The number of hydrogen-bond acceptors (Lipinski definition) is 6. The SMILES string of the molecule is CCC[C@H](NC(=O)[C@@](N)(CCCCN)C(=O)C(C)(C)Cc1ccccc1)C(=O)N[C@@H](CC(C)C)C(N)=O. The molecule has 0 aliphatic carbocycles. The molecule has 0 aliphatic heterocycles. The number of nitrogens with one attached hydrogen (secondary N) is 2. The molecule has 3 amide bonds. The molecule has 0 aliphatic rings. The van der Waals surface area contributed by atoms with Gasteiger partial charge in [-0.25, -0.2) is 0 Å². The van der Waals surface area contributed by atoms with E-state index in [4.69, 9.17) is 17.2 Å². The topological polar surface area (TPSA) is 170 Å². The molecule has 37 heavy (non-hydrogen) atoms. The normalized spacial score (nSPS) is 14.9. The van der Waals surface area contributed by atoms with Crippen molar-refractivity contribution in [3.8, 4) is 0 Å². The lowest BCUT2D eigenvalue weighted by Gasteiger charge is -2.36. The quantitative estimate of drug-likeness (QED) is 0.156. The largest absolute Gasteiger partial charge is 0.368 e. The van der Waals surface area contributed by atoms with Crippen LogP contribution in [0.2, 0.25) is 0 Å². The molecule has 1 aromatic carbocycles. The predicted octanol–water partition coefficient (Wildman–Crippen LogP) is 1.95. The summed E-state index contributed by atoms with van der Waals surface area (Å²) in [6.45, 7) is 9.67. The maximum absolute atomic E-state index is 13.8. The van der Waals surface area contributed by atoms with Gasteiger partial charge < -0.3 is 27.8 Å². The van der Waals surface area contributed by atoms with Crippen LogP contribution in [0.3, 0.4) is 0 Å². The third kappa shape index (κ3) is 9.89. The number of Topliss-reactive ketones (excluding diaryl/α,β-unsaturated/α-hetero) is 1. The van der Waals surface area contributed by atoms with Gasteiger partial charge in [-0.2, -0.15) is 0 Å². The fourth-order valence-corrected chi connectivity index (χ4v) is 4.50. The second kappa shape index (κ2) is 14.8. The number of nitrogens with two attached hydrogens (primary N) is 3. The molecule has 3 atom stereocenters. The maximum Gasteiger partial charge on any atom is 0.248 e. The van der Waals surface area contributed by atoms with Crippen LogP contribution >= 0.6 is 0 Å². The molecule has 9 nitrogen and oxygen atoms in total. The van der Waals surface area contributed by atoms with Crippen LogP contribution in [0.1, 0.15) is 78.7 Å². The zero-order chi connectivity index (χ0) is 28.2. The Kier molecular flexibility index (Phi) is 12.9. The van der Waals surface area contributed by atoms with E-state index in [1.165, 1.54) is 0 Å². The Bertz CT molecular complexity index is 903. The highest BCUT2D eigenvalue weighted by atomic mass is 16.2. The van der Waals surface area contributed by atoms with Gasteiger partial charge in [-0.15, -0.1) is 0 Å². The van der Waals surface area contributed by atoms with Crippen LogP contribution in [-0.2, 0) is 25.6 Å². The summed E-state index contributed by atoms with van der Waals surface area (Å²) in [6, 6.07) is 7.72. The first-order chi connectivity index (χ1) is 17.3. The van der Waals surface area contributed by atoms with Crippen molar-refractivity contribution in [3.63, 3.8) is 0 Å². The van der Waals surface area contributed by atoms with Gasteiger partial charge in [-0.3, -0.25) is 19.2 Å². The Morgan fingerprint density at radius 1 is 0.973 bits per heavy atom. The highest BCUT2D eigenvalue weighted by Gasteiger charge is 2.48. The van der Waals surface area contributed by atoms with Crippen molar-refractivity contribution in [1.29, 1.82) is 0 Å². The lowest BCUT2D eigenvalue weighted by atomic mass is 9.71. The Labute approximate surface area is 221 Å². The van der Waals surface area contributed by atoms with E-state index in [9.17, 15) is 19.2 Å². The summed E-state index contributed by atoms with van der Waals surface area (Å²) >= 11 is 0. The monoisotopic (exact) mass is 517 g/mol. The van der Waals surface area contributed by atoms with Crippen molar-refractivity contribution in [1.82, 2.24) is 10.6 Å². The number of benzene rings is 1. The Hall–Kier alpha value is -2.78. The number of primary amides is 1. The number of hydrogen-bond donors (Lipinski definition) is 5. The zero-order valence-electron chi connectivity index (χ0n) is 23.1. The van der Waals surface area contributed by atoms with Gasteiger partial charge in [0.1, 0.15) is 12.1 Å². The van der Waals surface area contributed by atoms with Crippen molar-refractivity contribution in [2.45, 2.75) is 97.2 Å². The number of rotatable bonds is 17. The summed E-state index contributed by atoms with van der Waals surface area (Å²) in [5, 5.41) is 5.38. The third-order valence-corrected chi connectivity index (χ3v) is 6.51. The van der Waals surface area contributed by atoms with E-state index in [2.05, 4.69) is 10.6 Å². The summed E-state index contributed by atoms with van der Waals surface area (Å²) in [5.74, 6) is -2.15. The van der Waals surface area contributed by atoms with Gasteiger partial charge in [0.2, 0.25) is 17.7 Å². The second-order valence-corrected chi connectivity index (χ2v) is 11.0. The van der Waals surface area contributed by atoms with Gasteiger partial charge in [-0.05, 0) is 56.6 Å². The molecular weight excluding hydrogens is 470 g/mol. The lowest BCUT2D eigenvalue weighted by Crippen LogP contribution is -2.65. The minimum Gasteiger partial charge on any atom is -0.368 e. The first-order valence-electron chi connectivity index (χ1n) is 13.3. The van der Waals surface area contributed by atoms with Crippen LogP contribution in [0.15, 0.2) is 30.3 Å². The fraction of sp³-hybridized carbons (Fsp3) is 0.643. The highest BCUT2D eigenvalue weighted by Crippen LogP contribution is 2.30. The molecule has 9 heteroatoms. The van der Waals surface area contributed by atoms with Crippen molar-refractivity contribution in [2.24, 2.45) is 28.5 Å². The van der Waals surface area contributed by atoms with Crippen LogP contribution in [0.25, 0.3) is 0 Å². The summed E-state index contributed by atoms with van der Waals surface area (Å²) in [7, 11) is 0. The van der Waals surface area contributed by atoms with Crippen LogP contribution in [0.4, 0.5) is 0 Å². The number of carbonyl (C=O) groups is 4. The molecule has 0 fully saturated rings. The lowest BCUT2D eigenvalue weighted by molar-refractivity contribution is -0.143. The third-order valence-electron chi connectivity index (χ3n) is 6.51. The highest BCUT2D eigenvalue weighted by molar-refractivity contribution is 6.13. The van der Waals surface area contributed by atoms with E-state index in [-0.39, 0.29) is 12.3 Å². The minimum absolute atomic E-state index is 0.102. The van der Waals surface area contributed by atoms with E-state index in [0.717, 1.165) is 5.56 Å². The van der Waals surface area contributed by atoms with Gasteiger partial charge in [0, 0.05) is 5.41 Å². The number of carbonyl (C=O) groups excluding carboxylic acids is 4. The molecule has 208 valence electrons. The van der Waals surface area contributed by atoms with Crippen LogP contribution < -0.4 is 27.8 Å². The molecule has 1 aromatic rings. The predicted molar refractivity (Wildman–Crippen MR) is 146 cm³/mol. The molecule has 0 saturated heterocycles. The molecule has 0 radical (unpaired) electrons. The first kappa shape index (κ1) is 32.2. The van der Waals surface area contributed by atoms with E-state index < -0.39 is 46.5 Å². The first-order valence-corrected chi connectivity index (χ1v) is 13.3. The van der Waals surface area contributed by atoms with Crippen LogP contribution in [0, 0.1) is 11.3 Å². The van der Waals surface area contributed by atoms with Crippen molar-refractivity contribution in [2.75, 3.05) is 6.54 Å². The van der Waals surface area contributed by atoms with E-state index in [1.807, 2.05) is 51.1 Å². The van der Waals surface area contributed by atoms with Crippen molar-refractivity contribution >= 4 is 23.5 Å². The van der Waals surface area contributed by atoms with Crippen molar-refractivity contribution in [3.05, 3.63) is 35.9 Å². The Balaban J connectivity index is 3.20. The Morgan fingerprint density at radius 3 is 2.11 bits per heavy atom. The van der Waals surface area contributed by atoms with E-state index in [1.54, 1.807) is 13.8 Å². The molecular formula is C28H47N5O4. The molecule has 0 aromatic heterocycles. The number of amides is 3. The van der Waals surface area contributed by atoms with Crippen LogP contribution in [0.5, 0.6) is 0 Å². The van der Waals surface area contributed by atoms with Gasteiger partial charge in [-0.1, -0.05) is 71.4 Å². The fourth-order valence-electron chi connectivity index (χ4n) is 4.50. The second-order valence-electron chi connectivity index (χ2n) is 11.0. The zero-order valence-corrected chi connectivity index (χ0v) is 23.1. The van der Waals surface area contributed by atoms with Gasteiger partial charge in [0.25, 0.3) is 0 Å². The summed E-state index contributed by atoms with van der Waals surface area (Å²) in [4.78, 5) is 52.4. The number of ketones is 1. The number of unbranched alkanes of at least 4 members (excludes halogenated alkanes) is 1. The van der Waals surface area contributed by atoms with E-state index >= 15 is 0 Å². The molecule has 0 saturated carbocycles. The summed E-state index contributed by atoms with van der Waals surface area (Å²) < 4.78 is 0. The Morgan fingerprint density at radius 2 is 1.59 bits per heavy atom.